The summed E-state index contributed by atoms with van der Waals surface area (Å²) in [7, 11) is -1.63. The third-order valence-corrected chi connectivity index (χ3v) is 9.91. The number of piperidine rings is 1. The number of ether oxygens (including phenoxy) is 1. The Balaban J connectivity index is 1.16. The molecule has 2 atom stereocenters. The van der Waals surface area contributed by atoms with Crippen molar-refractivity contribution in [3.8, 4) is 11.4 Å². The number of fused-ring (bicyclic) bond motifs is 2. The normalized spacial score (nSPS) is 19.1. The summed E-state index contributed by atoms with van der Waals surface area (Å²) in [5, 5.41) is 3.67. The second-order valence-corrected chi connectivity index (χ2v) is 15.3. The maximum atomic E-state index is 12.8. The maximum Gasteiger partial charge on any atom is 0.410 e. The molecule has 6 rings (SSSR count). The van der Waals surface area contributed by atoms with Crippen LogP contribution in [0.4, 0.5) is 10.6 Å². The van der Waals surface area contributed by atoms with Crippen molar-refractivity contribution in [2.24, 2.45) is 5.92 Å². The number of carbonyl (C=O) groups excluding carboxylic acids is 2. The topological polar surface area (TPSA) is 135 Å². The monoisotopic (exact) mass is 642 g/mol. The van der Waals surface area contributed by atoms with Crippen LogP contribution in [0.15, 0.2) is 65.7 Å². The van der Waals surface area contributed by atoms with E-state index in [2.05, 4.69) is 15.2 Å². The Labute approximate surface area is 268 Å². The Kier molecular flexibility index (Phi) is 7.74. The number of likely N-dealkylation sites (N-methyl/N-ethyl adjacent to an activating group) is 1. The first-order chi connectivity index (χ1) is 21.6. The van der Waals surface area contributed by atoms with E-state index in [1.165, 1.54) is 6.07 Å². The molecule has 2 aliphatic rings. The minimum atomic E-state index is -3.46. The third-order valence-electron chi connectivity index (χ3n) is 8.67. The number of hydrogen-bond donors (Lipinski definition) is 1. The van der Waals surface area contributed by atoms with E-state index >= 15 is 0 Å². The summed E-state index contributed by atoms with van der Waals surface area (Å²) in [6, 6.07) is 16.2. The molecule has 4 heterocycles. The first-order valence-electron chi connectivity index (χ1n) is 15.2. The molecule has 3 aromatic heterocycles. The lowest BCUT2D eigenvalue weighted by atomic mass is 10.1. The highest BCUT2D eigenvalue weighted by Crippen LogP contribution is 2.54. The summed E-state index contributed by atoms with van der Waals surface area (Å²) in [6.45, 7) is 8.96. The van der Waals surface area contributed by atoms with Gasteiger partial charge in [0.05, 0.1) is 39.6 Å². The van der Waals surface area contributed by atoms with E-state index in [9.17, 15) is 18.0 Å². The molecular formula is C34H38N6O5S. The number of amides is 2. The van der Waals surface area contributed by atoms with Crippen LogP contribution >= 0.6 is 0 Å². The molecular weight excluding hydrogens is 604 g/mol. The van der Waals surface area contributed by atoms with Gasteiger partial charge in [-0.1, -0.05) is 12.1 Å². The van der Waals surface area contributed by atoms with Gasteiger partial charge in [-0.25, -0.2) is 23.2 Å². The number of nitrogens with zero attached hydrogens (tertiary/aromatic N) is 5. The van der Waals surface area contributed by atoms with Gasteiger partial charge in [0, 0.05) is 49.5 Å². The van der Waals surface area contributed by atoms with Gasteiger partial charge in [-0.15, -0.1) is 0 Å². The zero-order valence-corrected chi connectivity index (χ0v) is 27.7. The summed E-state index contributed by atoms with van der Waals surface area (Å²) in [4.78, 5) is 44.0. The standard InChI is InChI=1S/C34H38N6O5S/c1-21-10-11-22(14-29(21)46(6,43)44)31(41)36-18-25-15-28-23(17-35-25)12-13-27(37-28)26-8-7-9-30(38-26)40-19-24-16-34(24,20-40)39(5)32(42)45-33(2,3)4/h7-15,17,24H,16,18-20H2,1-6H3,(H,36,41)/t24?,34-/m0/s1. The second kappa shape index (κ2) is 11.3. The van der Waals surface area contributed by atoms with Crippen LogP contribution in [-0.2, 0) is 21.1 Å². The molecule has 1 saturated carbocycles. The molecule has 240 valence electrons. The van der Waals surface area contributed by atoms with E-state index in [4.69, 9.17) is 14.7 Å². The van der Waals surface area contributed by atoms with Crippen LogP contribution in [0.3, 0.4) is 0 Å². The highest BCUT2D eigenvalue weighted by atomic mass is 32.2. The minimum Gasteiger partial charge on any atom is -0.444 e. The number of carbonyl (C=O) groups is 2. The van der Waals surface area contributed by atoms with Crippen molar-refractivity contribution >= 4 is 38.6 Å². The zero-order valence-electron chi connectivity index (χ0n) is 26.9. The van der Waals surface area contributed by atoms with Gasteiger partial charge in [-0.05, 0) is 82.1 Å². The molecule has 0 bridgehead atoms. The minimum absolute atomic E-state index is 0.132. The highest BCUT2D eigenvalue weighted by molar-refractivity contribution is 7.90. The molecule has 1 aromatic carbocycles. The smallest absolute Gasteiger partial charge is 0.410 e. The second-order valence-electron chi connectivity index (χ2n) is 13.3. The Morgan fingerprint density at radius 3 is 2.59 bits per heavy atom. The van der Waals surface area contributed by atoms with Crippen LogP contribution in [0, 0.1) is 12.8 Å². The lowest BCUT2D eigenvalue weighted by Gasteiger charge is -2.31. The quantitative estimate of drug-likeness (QED) is 0.302. The SMILES string of the molecule is Cc1ccc(C(=O)NCc2cc3nc(-c4cccc(N5CC6C[C@]6(N(C)C(=O)OC(C)(C)C)C5)n4)ccc3cn2)cc1S(C)(=O)=O. The summed E-state index contributed by atoms with van der Waals surface area (Å²) in [5.41, 5.74) is 2.80. The van der Waals surface area contributed by atoms with Gasteiger partial charge >= 0.3 is 6.09 Å². The summed E-state index contributed by atoms with van der Waals surface area (Å²) < 4.78 is 29.8. The van der Waals surface area contributed by atoms with Gasteiger partial charge < -0.3 is 19.9 Å². The highest BCUT2D eigenvalue weighted by Gasteiger charge is 2.64. The molecule has 0 radical (unpaired) electrons. The van der Waals surface area contributed by atoms with Crippen LogP contribution in [0.5, 0.6) is 0 Å². The third kappa shape index (κ3) is 6.26. The summed E-state index contributed by atoms with van der Waals surface area (Å²) >= 11 is 0. The number of nitrogens with one attached hydrogen (secondary N) is 1. The lowest BCUT2D eigenvalue weighted by Crippen LogP contribution is -2.46. The molecule has 4 aromatic rings. The van der Waals surface area contributed by atoms with Crippen molar-refractivity contribution in [3.63, 3.8) is 0 Å². The molecule has 0 spiro atoms. The number of rotatable bonds is 7. The first-order valence-corrected chi connectivity index (χ1v) is 17.1. The van der Waals surface area contributed by atoms with E-state index in [-0.39, 0.29) is 28.6 Å². The van der Waals surface area contributed by atoms with Crippen molar-refractivity contribution in [2.75, 3.05) is 31.3 Å². The maximum absolute atomic E-state index is 12.8. The number of benzene rings is 1. The zero-order chi connectivity index (χ0) is 33.0. The first kappa shape index (κ1) is 31.4. The van der Waals surface area contributed by atoms with Gasteiger partial charge in [-0.3, -0.25) is 9.78 Å². The molecule has 1 unspecified atom stereocenters. The van der Waals surface area contributed by atoms with E-state index in [0.717, 1.165) is 36.1 Å². The van der Waals surface area contributed by atoms with Crippen LogP contribution in [0.2, 0.25) is 0 Å². The number of aryl methyl sites for hydroxylation is 1. The van der Waals surface area contributed by atoms with Crippen molar-refractivity contribution < 1.29 is 22.7 Å². The van der Waals surface area contributed by atoms with Crippen LogP contribution < -0.4 is 10.2 Å². The molecule has 1 saturated heterocycles. The van der Waals surface area contributed by atoms with Crippen molar-refractivity contribution in [2.45, 2.75) is 56.7 Å². The van der Waals surface area contributed by atoms with Crippen LogP contribution in [-0.4, -0.2) is 77.8 Å². The molecule has 2 amide bonds. The number of anilines is 1. The van der Waals surface area contributed by atoms with E-state index in [0.29, 0.717) is 34.9 Å². The fourth-order valence-electron chi connectivity index (χ4n) is 6.11. The van der Waals surface area contributed by atoms with Crippen molar-refractivity contribution in [1.82, 2.24) is 25.2 Å². The molecule has 2 fully saturated rings. The molecule has 12 heteroatoms. The fourth-order valence-corrected chi connectivity index (χ4v) is 7.11. The van der Waals surface area contributed by atoms with Gasteiger partial charge in [0.15, 0.2) is 9.84 Å². The van der Waals surface area contributed by atoms with E-state index in [1.54, 1.807) is 30.2 Å². The predicted octanol–water partition coefficient (Wildman–Crippen LogP) is 4.78. The fraction of sp³-hybridized carbons (Fsp3) is 0.382. The van der Waals surface area contributed by atoms with Crippen molar-refractivity contribution in [1.29, 1.82) is 0 Å². The van der Waals surface area contributed by atoms with Gasteiger partial charge in [0.1, 0.15) is 11.4 Å². The van der Waals surface area contributed by atoms with Gasteiger partial charge in [0.25, 0.3) is 5.91 Å². The largest absolute Gasteiger partial charge is 0.444 e. The Morgan fingerprint density at radius 2 is 1.85 bits per heavy atom. The predicted molar refractivity (Wildman–Crippen MR) is 175 cm³/mol. The number of hydrogen-bond acceptors (Lipinski definition) is 9. The van der Waals surface area contributed by atoms with Gasteiger partial charge in [0.2, 0.25) is 0 Å². The lowest BCUT2D eigenvalue weighted by molar-refractivity contribution is 0.0201. The number of aromatic nitrogens is 3. The molecule has 1 aliphatic heterocycles. The molecule has 46 heavy (non-hydrogen) atoms. The summed E-state index contributed by atoms with van der Waals surface area (Å²) in [5.74, 6) is 0.804. The van der Waals surface area contributed by atoms with Crippen molar-refractivity contribution in [3.05, 3.63) is 77.6 Å². The Hall–Kier alpha value is -4.58. The molecule has 11 nitrogen and oxygen atoms in total. The van der Waals surface area contributed by atoms with E-state index in [1.807, 2.05) is 64.2 Å². The number of pyridine rings is 3. The van der Waals surface area contributed by atoms with Gasteiger partial charge in [-0.2, -0.15) is 0 Å². The van der Waals surface area contributed by atoms with Crippen LogP contribution in [0.25, 0.3) is 22.3 Å². The van der Waals surface area contributed by atoms with E-state index < -0.39 is 21.3 Å². The molecule has 1 N–H and O–H groups in total. The molecule has 1 aliphatic carbocycles. The number of sulfone groups is 1. The Bertz CT molecular complexity index is 1970. The van der Waals surface area contributed by atoms with Crippen LogP contribution in [0.1, 0.15) is 48.8 Å². The average molecular weight is 643 g/mol. The summed E-state index contributed by atoms with van der Waals surface area (Å²) in [6.07, 6.45) is 3.49. The Morgan fingerprint density at radius 1 is 1.09 bits per heavy atom. The average Bonchev–Trinajstić information content (AvgIpc) is 3.57.